The molecule has 0 spiro atoms. The van der Waals surface area contributed by atoms with Crippen LogP contribution in [0.5, 0.6) is 0 Å². The summed E-state index contributed by atoms with van der Waals surface area (Å²) in [7, 11) is 5.45. The number of ketones is 1. The third-order valence-electron chi connectivity index (χ3n) is 5.98. The van der Waals surface area contributed by atoms with E-state index in [-0.39, 0.29) is 5.78 Å². The van der Waals surface area contributed by atoms with Gasteiger partial charge in [-0.05, 0) is 68.8 Å². The van der Waals surface area contributed by atoms with Crippen LogP contribution >= 0.6 is 0 Å². The molecule has 0 atom stereocenters. The van der Waals surface area contributed by atoms with Crippen LogP contribution in [0.2, 0.25) is 0 Å². The highest BCUT2D eigenvalue weighted by Crippen LogP contribution is 2.26. The van der Waals surface area contributed by atoms with E-state index in [2.05, 4.69) is 45.5 Å². The zero-order valence-electron chi connectivity index (χ0n) is 21.3. The third-order valence-corrected chi connectivity index (χ3v) is 5.98. The van der Waals surface area contributed by atoms with Gasteiger partial charge in [0.25, 0.3) is 0 Å². The van der Waals surface area contributed by atoms with Gasteiger partial charge in [0.15, 0.2) is 5.78 Å². The molecule has 0 unspecified atom stereocenters. The van der Waals surface area contributed by atoms with E-state index in [1.54, 1.807) is 39.3 Å². The molecule has 1 saturated heterocycles. The van der Waals surface area contributed by atoms with Crippen LogP contribution in [0.15, 0.2) is 93.5 Å². The molecule has 7 heteroatoms. The maximum Gasteiger partial charge on any atom is 0.184 e. The molecule has 0 bridgehead atoms. The van der Waals surface area contributed by atoms with Gasteiger partial charge in [-0.15, -0.1) is 0 Å². The van der Waals surface area contributed by atoms with Crippen molar-refractivity contribution in [1.82, 2.24) is 15.2 Å². The Bertz CT molecular complexity index is 1030. The molecule has 7 nitrogen and oxygen atoms in total. The quantitative estimate of drug-likeness (QED) is 0.195. The minimum Gasteiger partial charge on any atom is -0.494 e. The zero-order valence-corrected chi connectivity index (χ0v) is 21.3. The van der Waals surface area contributed by atoms with Gasteiger partial charge >= 0.3 is 0 Å². The van der Waals surface area contributed by atoms with Crippen LogP contribution in [0.4, 0.5) is 0 Å². The predicted octanol–water partition coefficient (Wildman–Crippen LogP) is 3.79. The van der Waals surface area contributed by atoms with Gasteiger partial charge in [0.2, 0.25) is 0 Å². The lowest BCUT2D eigenvalue weighted by Crippen LogP contribution is -2.46. The third kappa shape index (κ3) is 6.54. The molecule has 2 rings (SSSR count). The first-order valence-electron chi connectivity index (χ1n) is 11.4. The van der Waals surface area contributed by atoms with Crippen LogP contribution in [0.1, 0.15) is 20.8 Å². The summed E-state index contributed by atoms with van der Waals surface area (Å²) in [4.78, 5) is 21.9. The largest absolute Gasteiger partial charge is 0.494 e. The average Bonchev–Trinajstić information content (AvgIpc) is 2.86. The number of likely N-dealkylation sites (N-methyl/N-ethyl adjacent to an activating group) is 1. The van der Waals surface area contributed by atoms with Crippen molar-refractivity contribution in [2.45, 2.75) is 20.8 Å². The number of nitrogens with zero attached hydrogens (tertiary/aromatic N) is 4. The molecule has 0 aromatic rings. The molecule has 1 heterocycles. The van der Waals surface area contributed by atoms with Crippen LogP contribution in [0.3, 0.4) is 0 Å². The van der Waals surface area contributed by atoms with Gasteiger partial charge in [-0.25, -0.2) is 0 Å². The molecule has 0 aromatic carbocycles. The smallest absolute Gasteiger partial charge is 0.184 e. The van der Waals surface area contributed by atoms with E-state index < -0.39 is 0 Å². The van der Waals surface area contributed by atoms with Crippen molar-refractivity contribution in [3.8, 4) is 0 Å². The number of carbonyl (C=O) groups is 1. The van der Waals surface area contributed by atoms with E-state index in [4.69, 9.17) is 4.74 Å². The molecule has 0 amide bonds. The summed E-state index contributed by atoms with van der Waals surface area (Å²) in [6.45, 7) is 17.3. The number of aliphatic imine (C=N–C) groups is 1. The van der Waals surface area contributed by atoms with Crippen LogP contribution in [-0.2, 0) is 9.53 Å². The second-order valence-electron chi connectivity index (χ2n) is 8.10. The molecule has 34 heavy (non-hydrogen) atoms. The van der Waals surface area contributed by atoms with Crippen molar-refractivity contribution in [1.29, 1.82) is 0 Å². The van der Waals surface area contributed by atoms with Crippen LogP contribution in [-0.4, -0.2) is 74.5 Å². The lowest BCUT2D eigenvalue weighted by molar-refractivity contribution is -0.111. The Balaban J connectivity index is 2.29. The summed E-state index contributed by atoms with van der Waals surface area (Å²) in [5, 5.41) is 4.49. The average molecular weight is 464 g/mol. The van der Waals surface area contributed by atoms with E-state index in [9.17, 15) is 4.79 Å². The molecule has 0 saturated carbocycles. The molecule has 1 fully saturated rings. The van der Waals surface area contributed by atoms with Gasteiger partial charge in [0.1, 0.15) is 17.3 Å². The zero-order chi connectivity index (χ0) is 25.3. The first-order valence-corrected chi connectivity index (χ1v) is 11.4. The lowest BCUT2D eigenvalue weighted by atomic mass is 9.92. The first-order chi connectivity index (χ1) is 16.3. The van der Waals surface area contributed by atoms with Crippen molar-refractivity contribution >= 4 is 17.3 Å². The summed E-state index contributed by atoms with van der Waals surface area (Å²) in [6.07, 6.45) is 10.6. The highest BCUT2D eigenvalue weighted by atomic mass is 16.5. The number of allylic oxidation sites excluding steroid dienone is 10. The second kappa shape index (κ2) is 12.7. The Labute approximate surface area is 203 Å². The summed E-state index contributed by atoms with van der Waals surface area (Å²) in [5.41, 5.74) is 7.31. The fourth-order valence-corrected chi connectivity index (χ4v) is 3.68. The number of methoxy groups -OCH3 is 1. The van der Waals surface area contributed by atoms with Crippen molar-refractivity contribution in [3.63, 3.8) is 0 Å². The summed E-state index contributed by atoms with van der Waals surface area (Å²) < 4.78 is 5.52. The number of nitrogens with one attached hydrogen (secondary N) is 1. The Morgan fingerprint density at radius 2 is 1.82 bits per heavy atom. The van der Waals surface area contributed by atoms with E-state index in [0.717, 1.165) is 48.9 Å². The van der Waals surface area contributed by atoms with Gasteiger partial charge in [-0.3, -0.25) is 15.2 Å². The van der Waals surface area contributed by atoms with Crippen LogP contribution in [0, 0.1) is 0 Å². The van der Waals surface area contributed by atoms with Gasteiger partial charge in [0, 0.05) is 38.8 Å². The fraction of sp³-hybridized carbons (Fsp3) is 0.370. The molecule has 182 valence electrons. The number of amidine groups is 1. The lowest BCUT2D eigenvalue weighted by Gasteiger charge is -2.33. The van der Waals surface area contributed by atoms with Crippen molar-refractivity contribution < 1.29 is 9.53 Å². The molecular formula is C27H37N5O2. The van der Waals surface area contributed by atoms with Gasteiger partial charge < -0.3 is 14.5 Å². The topological polar surface area (TPSA) is 69.5 Å². The van der Waals surface area contributed by atoms with Gasteiger partial charge in [-0.1, -0.05) is 25.3 Å². The summed E-state index contributed by atoms with van der Waals surface area (Å²) in [5.74, 6) is 1.37. The monoisotopic (exact) mass is 463 g/mol. The maximum absolute atomic E-state index is 13.1. The standard InChI is InChI=1S/C27H37N5O2/c1-9-21(23-16-22(10-2)27(28-6)26(18-23)34-8)17-25(33)19(4)24(11-3)30-29-20(5)32-14-12-31(7)13-15-32/h9-11,16-18,30H,1,3,12-15H2,2,4-8H3/b21-17+,22-10-,24-19-,28-27?,29-20+. The SMILES string of the molecule is C=C/C(N/N=C(\C)N1CCN(C)CC1)=C(\C)C(=O)/C=C(\C=C)C1=C/C(=C/C)C(=NC)C(OC)=C1. The molecule has 1 aliphatic carbocycles. The predicted molar refractivity (Wildman–Crippen MR) is 142 cm³/mol. The van der Waals surface area contributed by atoms with Crippen LogP contribution in [0.25, 0.3) is 0 Å². The molecule has 2 aliphatic rings. The number of hydrogen-bond donors (Lipinski definition) is 1. The summed E-state index contributed by atoms with van der Waals surface area (Å²) in [6, 6.07) is 0. The number of hydrazone groups is 1. The second-order valence-corrected chi connectivity index (χ2v) is 8.10. The molecule has 0 radical (unpaired) electrons. The van der Waals surface area contributed by atoms with Crippen molar-refractivity contribution in [2.24, 2.45) is 10.1 Å². The Morgan fingerprint density at radius 3 is 2.35 bits per heavy atom. The Kier molecular flexibility index (Phi) is 10.0. The van der Waals surface area contributed by atoms with E-state index >= 15 is 0 Å². The van der Waals surface area contributed by atoms with E-state index in [1.807, 2.05) is 32.1 Å². The van der Waals surface area contributed by atoms with Crippen LogP contribution < -0.4 is 5.43 Å². The van der Waals surface area contributed by atoms with Gasteiger partial charge in [-0.2, -0.15) is 5.10 Å². The Hall–Kier alpha value is -3.45. The van der Waals surface area contributed by atoms with Crippen molar-refractivity contribution in [3.05, 3.63) is 83.4 Å². The Morgan fingerprint density at radius 1 is 1.15 bits per heavy atom. The van der Waals surface area contributed by atoms with E-state index in [1.165, 1.54) is 0 Å². The molecule has 1 N–H and O–H groups in total. The number of hydrogen-bond acceptors (Lipinski definition) is 6. The maximum atomic E-state index is 13.1. The molecular weight excluding hydrogens is 426 g/mol. The normalized spacial score (nSPS) is 21.1. The molecule has 0 aromatic heterocycles. The molecule has 1 aliphatic heterocycles. The van der Waals surface area contributed by atoms with Crippen molar-refractivity contribution in [2.75, 3.05) is 47.4 Å². The van der Waals surface area contributed by atoms with Gasteiger partial charge in [0.05, 0.1) is 12.8 Å². The van der Waals surface area contributed by atoms with E-state index in [0.29, 0.717) is 22.6 Å². The number of rotatable bonds is 8. The number of carbonyl (C=O) groups excluding carboxylic acids is 1. The summed E-state index contributed by atoms with van der Waals surface area (Å²) >= 11 is 0. The highest BCUT2D eigenvalue weighted by Gasteiger charge is 2.19. The first kappa shape index (κ1) is 26.8. The minimum absolute atomic E-state index is 0.157. The fourth-order valence-electron chi connectivity index (χ4n) is 3.68. The minimum atomic E-state index is -0.157. The highest BCUT2D eigenvalue weighted by molar-refractivity contribution is 6.15. The number of piperazine rings is 1. The number of ether oxygens (including phenoxy) is 1.